The molecule has 2 N–H and O–H groups in total. The van der Waals surface area contributed by atoms with Crippen molar-refractivity contribution in [1.82, 2.24) is 0 Å². The van der Waals surface area contributed by atoms with Gasteiger partial charge in [0.05, 0.1) is 0 Å². The normalized spacial score (nSPS) is 11.3. The van der Waals surface area contributed by atoms with Crippen LogP contribution in [0.4, 0.5) is 0 Å². The summed E-state index contributed by atoms with van der Waals surface area (Å²) in [5.74, 6) is 0.899. The van der Waals surface area contributed by atoms with Gasteiger partial charge in [0.15, 0.2) is 0 Å². The minimum atomic E-state index is -1.72. The van der Waals surface area contributed by atoms with E-state index in [4.69, 9.17) is 9.79 Å². The minimum Gasteiger partial charge on any atom is -0.342 e. The van der Waals surface area contributed by atoms with Crippen LogP contribution in [-0.4, -0.2) is 15.5 Å². The van der Waals surface area contributed by atoms with Crippen molar-refractivity contribution in [3.8, 4) is 0 Å². The maximum absolute atomic E-state index is 8.70. The van der Waals surface area contributed by atoms with E-state index in [-0.39, 0.29) is 0 Å². The van der Waals surface area contributed by atoms with E-state index < -0.39 is 7.58 Å². The van der Waals surface area contributed by atoms with Crippen LogP contribution >= 0.6 is 19.0 Å². The van der Waals surface area contributed by atoms with Crippen LogP contribution < -0.4 is 0 Å². The van der Waals surface area contributed by atoms with Gasteiger partial charge in [0.1, 0.15) is 0 Å². The molecule has 0 aliphatic rings. The molecular weight excluding hydrogens is 251 g/mol. The number of hydrogen-bond donors (Lipinski definition) is 2. The zero-order valence-electron chi connectivity index (χ0n) is 11.2. The van der Waals surface area contributed by atoms with E-state index in [1.54, 1.807) is 0 Å². The van der Waals surface area contributed by atoms with Crippen molar-refractivity contribution in [1.29, 1.82) is 0 Å². The fourth-order valence-electron chi connectivity index (χ4n) is 1.91. The molecule has 0 heterocycles. The Kier molecular flexibility index (Phi) is 15.4. The van der Waals surface area contributed by atoms with Gasteiger partial charge in [0.25, 0.3) is 0 Å². The molecular formula is C13H29O2PS. The monoisotopic (exact) mass is 280 g/mol. The molecule has 17 heavy (non-hydrogen) atoms. The topological polar surface area (TPSA) is 40.5 Å². The summed E-state index contributed by atoms with van der Waals surface area (Å²) < 4.78 is 0. The highest BCUT2D eigenvalue weighted by Gasteiger charge is 1.98. The summed E-state index contributed by atoms with van der Waals surface area (Å²) in [7, 11) is -1.72. The maximum atomic E-state index is 8.70. The van der Waals surface area contributed by atoms with Crippen LogP contribution in [0.5, 0.6) is 0 Å². The molecule has 0 fully saturated rings. The highest BCUT2D eigenvalue weighted by atomic mass is 32.7. The first-order chi connectivity index (χ1) is 8.27. The third-order valence-corrected chi connectivity index (χ3v) is 4.90. The summed E-state index contributed by atoms with van der Waals surface area (Å²) >= 11 is 1.29. The van der Waals surface area contributed by atoms with Gasteiger partial charge in [-0.1, -0.05) is 82.5 Å². The van der Waals surface area contributed by atoms with E-state index in [1.807, 2.05) is 0 Å². The van der Waals surface area contributed by atoms with Gasteiger partial charge in [-0.3, -0.25) is 0 Å². The molecule has 0 aliphatic carbocycles. The summed E-state index contributed by atoms with van der Waals surface area (Å²) in [4.78, 5) is 17.4. The lowest BCUT2D eigenvalue weighted by Crippen LogP contribution is -1.83. The van der Waals surface area contributed by atoms with Crippen LogP contribution in [0.15, 0.2) is 0 Å². The molecule has 0 aromatic carbocycles. The molecule has 0 rings (SSSR count). The minimum absolute atomic E-state index is 0.899. The molecule has 0 spiro atoms. The lowest BCUT2D eigenvalue weighted by molar-refractivity contribution is 0.505. The maximum Gasteiger partial charge on any atom is 0.232 e. The third-order valence-electron chi connectivity index (χ3n) is 2.95. The van der Waals surface area contributed by atoms with Gasteiger partial charge in [-0.2, -0.15) is 0 Å². The van der Waals surface area contributed by atoms with Crippen LogP contribution in [0.3, 0.4) is 0 Å². The van der Waals surface area contributed by atoms with E-state index in [0.29, 0.717) is 0 Å². The van der Waals surface area contributed by atoms with E-state index in [9.17, 15) is 0 Å². The van der Waals surface area contributed by atoms with E-state index >= 15 is 0 Å². The molecule has 4 heteroatoms. The van der Waals surface area contributed by atoms with Gasteiger partial charge in [0, 0.05) is 5.75 Å². The SMILES string of the molecule is CCCCCCCCCCCCCSP(O)O. The summed E-state index contributed by atoms with van der Waals surface area (Å²) in [5.41, 5.74) is 0. The molecule has 0 atom stereocenters. The van der Waals surface area contributed by atoms with Crippen LogP contribution in [0.2, 0.25) is 0 Å². The Hall–Kier alpha value is 0.700. The molecule has 0 saturated carbocycles. The second-order valence-electron chi connectivity index (χ2n) is 4.62. The van der Waals surface area contributed by atoms with E-state index in [0.717, 1.165) is 12.2 Å². The molecule has 0 bridgehead atoms. The largest absolute Gasteiger partial charge is 0.342 e. The standard InChI is InChI=1S/C13H29O2PS/c1-2-3-4-5-6-7-8-9-10-11-12-13-17-16(14)15/h14-15H,2-13H2,1H3. The van der Waals surface area contributed by atoms with Gasteiger partial charge in [-0.25, -0.2) is 0 Å². The first-order valence-corrected chi connectivity index (χ1v) is 9.92. The zero-order chi connectivity index (χ0) is 12.8. The van der Waals surface area contributed by atoms with Crippen LogP contribution in [-0.2, 0) is 0 Å². The Morgan fingerprint density at radius 3 is 1.53 bits per heavy atom. The molecule has 0 radical (unpaired) electrons. The van der Waals surface area contributed by atoms with E-state index in [2.05, 4.69) is 6.92 Å². The van der Waals surface area contributed by atoms with Crippen molar-refractivity contribution >= 4 is 19.0 Å². The molecule has 0 aliphatic heterocycles. The fraction of sp³-hybridized carbons (Fsp3) is 1.00. The van der Waals surface area contributed by atoms with Crippen LogP contribution in [0.1, 0.15) is 77.6 Å². The summed E-state index contributed by atoms with van der Waals surface area (Å²) in [5, 5.41) is 0. The quantitative estimate of drug-likeness (QED) is 0.358. The van der Waals surface area contributed by atoms with Crippen molar-refractivity contribution in [2.24, 2.45) is 0 Å². The van der Waals surface area contributed by atoms with Crippen molar-refractivity contribution in [2.45, 2.75) is 77.6 Å². The Balaban J connectivity index is 2.89. The number of hydrogen-bond acceptors (Lipinski definition) is 3. The lowest BCUT2D eigenvalue weighted by Gasteiger charge is -2.03. The van der Waals surface area contributed by atoms with Gasteiger partial charge < -0.3 is 9.79 Å². The second kappa shape index (κ2) is 14.8. The van der Waals surface area contributed by atoms with Crippen molar-refractivity contribution in [2.75, 3.05) is 5.75 Å². The predicted molar refractivity (Wildman–Crippen MR) is 80.3 cm³/mol. The summed E-state index contributed by atoms with van der Waals surface area (Å²) in [6.07, 6.45) is 14.8. The average Bonchev–Trinajstić information content (AvgIpc) is 2.30. The zero-order valence-corrected chi connectivity index (χ0v) is 12.9. The summed E-state index contributed by atoms with van der Waals surface area (Å²) in [6.45, 7) is 2.26. The van der Waals surface area contributed by atoms with Crippen LogP contribution in [0, 0.1) is 0 Å². The Labute approximate surface area is 112 Å². The number of rotatable bonds is 13. The molecule has 104 valence electrons. The molecule has 0 unspecified atom stereocenters. The van der Waals surface area contributed by atoms with E-state index in [1.165, 1.54) is 75.6 Å². The summed E-state index contributed by atoms with van der Waals surface area (Å²) in [6, 6.07) is 0. The molecule has 0 aromatic rings. The average molecular weight is 280 g/mol. The third kappa shape index (κ3) is 16.7. The van der Waals surface area contributed by atoms with Gasteiger partial charge in [0.2, 0.25) is 7.58 Å². The van der Waals surface area contributed by atoms with Gasteiger partial charge in [-0.05, 0) is 6.42 Å². The first kappa shape index (κ1) is 17.7. The molecule has 0 aromatic heterocycles. The highest BCUT2D eigenvalue weighted by molar-refractivity contribution is 8.52. The molecule has 0 amide bonds. The lowest BCUT2D eigenvalue weighted by atomic mass is 10.1. The first-order valence-electron chi connectivity index (χ1n) is 7.08. The second-order valence-corrected chi connectivity index (χ2v) is 7.55. The van der Waals surface area contributed by atoms with Crippen molar-refractivity contribution < 1.29 is 9.79 Å². The van der Waals surface area contributed by atoms with Crippen molar-refractivity contribution in [3.63, 3.8) is 0 Å². The Morgan fingerprint density at radius 1 is 0.706 bits per heavy atom. The smallest absolute Gasteiger partial charge is 0.232 e. The molecule has 0 saturated heterocycles. The highest BCUT2D eigenvalue weighted by Crippen LogP contribution is 2.41. The molecule has 2 nitrogen and oxygen atoms in total. The fourth-order valence-corrected chi connectivity index (χ4v) is 3.29. The van der Waals surface area contributed by atoms with Gasteiger partial charge in [-0.15, -0.1) is 0 Å². The van der Waals surface area contributed by atoms with Crippen molar-refractivity contribution in [3.05, 3.63) is 0 Å². The Bertz CT molecular complexity index is 145. The van der Waals surface area contributed by atoms with Gasteiger partial charge >= 0.3 is 0 Å². The number of unbranched alkanes of at least 4 members (excludes halogenated alkanes) is 10. The van der Waals surface area contributed by atoms with Crippen LogP contribution in [0.25, 0.3) is 0 Å². The predicted octanol–water partition coefficient (Wildman–Crippen LogP) is 5.24. The Morgan fingerprint density at radius 2 is 1.12 bits per heavy atom.